The molecule has 0 aromatic heterocycles. The summed E-state index contributed by atoms with van der Waals surface area (Å²) < 4.78 is 32.2. The van der Waals surface area contributed by atoms with E-state index in [1.54, 1.807) is 0 Å². The molecule has 0 aliphatic rings. The maximum atomic E-state index is 13.9. The molecule has 0 bridgehead atoms. The number of carboxylic acids is 1. The average molecular weight is 272 g/mol. The van der Waals surface area contributed by atoms with E-state index in [2.05, 4.69) is 0 Å². The van der Waals surface area contributed by atoms with Crippen LogP contribution in [-0.2, 0) is 4.79 Å². The van der Waals surface area contributed by atoms with Crippen molar-refractivity contribution in [1.29, 1.82) is 0 Å². The van der Waals surface area contributed by atoms with Gasteiger partial charge in [0.05, 0.1) is 13.5 Å². The van der Waals surface area contributed by atoms with Crippen LogP contribution < -0.4 is 4.74 Å². The topological polar surface area (TPSA) is 46.5 Å². The minimum absolute atomic E-state index is 0.0920. The van der Waals surface area contributed by atoms with Crippen LogP contribution in [0.5, 0.6) is 5.75 Å². The molecule has 1 atom stereocenters. The summed E-state index contributed by atoms with van der Waals surface area (Å²) in [5.74, 6) is -2.88. The molecule has 0 fully saturated rings. The highest BCUT2D eigenvalue weighted by molar-refractivity contribution is 5.68. The quantitative estimate of drug-likeness (QED) is 0.861. The highest BCUT2D eigenvalue weighted by Crippen LogP contribution is 2.32. The number of hydrogen-bond acceptors (Lipinski definition) is 2. The number of aliphatic carboxylic acids is 1. The molecule has 0 saturated carbocycles. The van der Waals surface area contributed by atoms with Crippen molar-refractivity contribution in [3.05, 3.63) is 29.3 Å². The predicted molar refractivity (Wildman–Crippen MR) is 67.4 cm³/mol. The van der Waals surface area contributed by atoms with Gasteiger partial charge < -0.3 is 9.84 Å². The van der Waals surface area contributed by atoms with Gasteiger partial charge in [0, 0.05) is 6.07 Å². The van der Waals surface area contributed by atoms with E-state index in [-0.39, 0.29) is 23.7 Å². The monoisotopic (exact) mass is 272 g/mol. The molecule has 0 saturated heterocycles. The van der Waals surface area contributed by atoms with Crippen LogP contribution in [0.15, 0.2) is 12.1 Å². The number of carbonyl (C=O) groups is 1. The Morgan fingerprint density at radius 3 is 2.42 bits per heavy atom. The van der Waals surface area contributed by atoms with Crippen molar-refractivity contribution in [2.75, 3.05) is 7.11 Å². The number of hydrogen-bond donors (Lipinski definition) is 1. The van der Waals surface area contributed by atoms with Gasteiger partial charge in [0.15, 0.2) is 11.6 Å². The fourth-order valence-corrected chi connectivity index (χ4v) is 2.11. The first-order valence-corrected chi connectivity index (χ1v) is 6.09. The number of halogens is 2. The Balaban J connectivity index is 3.14. The highest BCUT2D eigenvalue weighted by atomic mass is 19.1. The Labute approximate surface area is 111 Å². The first kappa shape index (κ1) is 15.4. The first-order valence-electron chi connectivity index (χ1n) is 6.09. The third-order valence-corrected chi connectivity index (χ3v) is 2.89. The lowest BCUT2D eigenvalue weighted by atomic mass is 9.87. The Hall–Kier alpha value is -1.65. The summed E-state index contributed by atoms with van der Waals surface area (Å²) in [5, 5.41) is 8.88. The fraction of sp³-hybridized carbons (Fsp3) is 0.500. The third-order valence-electron chi connectivity index (χ3n) is 2.89. The molecule has 5 heteroatoms. The van der Waals surface area contributed by atoms with Gasteiger partial charge in [0.1, 0.15) is 5.82 Å². The van der Waals surface area contributed by atoms with Crippen LogP contribution in [0.2, 0.25) is 0 Å². The van der Waals surface area contributed by atoms with Gasteiger partial charge >= 0.3 is 5.97 Å². The van der Waals surface area contributed by atoms with Crippen molar-refractivity contribution in [3.8, 4) is 5.75 Å². The van der Waals surface area contributed by atoms with E-state index in [0.29, 0.717) is 6.42 Å². The Bertz CT molecular complexity index is 458. The lowest BCUT2D eigenvalue weighted by Gasteiger charge is -2.19. The summed E-state index contributed by atoms with van der Waals surface area (Å²) in [7, 11) is 1.25. The molecule has 19 heavy (non-hydrogen) atoms. The predicted octanol–water partition coefficient (Wildman–Crippen LogP) is 3.58. The van der Waals surface area contributed by atoms with Crippen LogP contribution in [0, 0.1) is 17.6 Å². The van der Waals surface area contributed by atoms with Gasteiger partial charge in [-0.15, -0.1) is 0 Å². The SMILES string of the molecule is COc1cc(F)c(C(CC(=O)O)CC(C)C)cc1F. The Kier molecular flexibility index (Phi) is 5.27. The molecular formula is C14H18F2O3. The van der Waals surface area contributed by atoms with E-state index in [0.717, 1.165) is 12.1 Å². The maximum Gasteiger partial charge on any atom is 0.303 e. The van der Waals surface area contributed by atoms with E-state index >= 15 is 0 Å². The molecule has 106 valence electrons. The zero-order chi connectivity index (χ0) is 14.6. The van der Waals surface area contributed by atoms with Crippen LogP contribution in [-0.4, -0.2) is 18.2 Å². The minimum Gasteiger partial charge on any atom is -0.494 e. The smallest absolute Gasteiger partial charge is 0.303 e. The van der Waals surface area contributed by atoms with Gasteiger partial charge in [-0.3, -0.25) is 4.79 Å². The Morgan fingerprint density at radius 1 is 1.32 bits per heavy atom. The van der Waals surface area contributed by atoms with E-state index in [1.165, 1.54) is 7.11 Å². The first-order chi connectivity index (χ1) is 8.85. The van der Waals surface area contributed by atoms with Crippen LogP contribution in [0.1, 0.15) is 38.2 Å². The summed E-state index contributed by atoms with van der Waals surface area (Å²) in [6, 6.07) is 1.99. The number of carboxylic acid groups (broad SMARTS) is 1. The fourth-order valence-electron chi connectivity index (χ4n) is 2.11. The molecule has 0 aliphatic carbocycles. The minimum atomic E-state index is -1.03. The van der Waals surface area contributed by atoms with Crippen molar-refractivity contribution in [2.24, 2.45) is 5.92 Å². The van der Waals surface area contributed by atoms with Crippen molar-refractivity contribution in [1.82, 2.24) is 0 Å². The molecule has 0 aliphatic heterocycles. The number of ether oxygens (including phenoxy) is 1. The highest BCUT2D eigenvalue weighted by Gasteiger charge is 2.22. The van der Waals surface area contributed by atoms with Gasteiger partial charge in [-0.05, 0) is 29.9 Å². The summed E-state index contributed by atoms with van der Waals surface area (Å²) in [6.07, 6.45) is 0.260. The molecule has 0 amide bonds. The molecule has 1 aromatic carbocycles. The molecule has 1 unspecified atom stereocenters. The summed E-state index contributed by atoms with van der Waals surface area (Å²) in [6.45, 7) is 3.82. The molecule has 1 rings (SSSR count). The molecule has 1 N–H and O–H groups in total. The second-order valence-electron chi connectivity index (χ2n) is 4.93. The molecule has 0 spiro atoms. The zero-order valence-corrected chi connectivity index (χ0v) is 11.2. The maximum absolute atomic E-state index is 13.9. The van der Waals surface area contributed by atoms with Gasteiger partial charge in [0.2, 0.25) is 0 Å². The normalized spacial score (nSPS) is 12.5. The van der Waals surface area contributed by atoms with E-state index in [9.17, 15) is 13.6 Å². The number of methoxy groups -OCH3 is 1. The van der Waals surface area contributed by atoms with Gasteiger partial charge in [-0.25, -0.2) is 8.78 Å². The average Bonchev–Trinajstić information content (AvgIpc) is 2.29. The van der Waals surface area contributed by atoms with Gasteiger partial charge in [-0.1, -0.05) is 13.8 Å². The summed E-state index contributed by atoms with van der Waals surface area (Å²) in [5.41, 5.74) is 0.0920. The molecule has 1 aromatic rings. The van der Waals surface area contributed by atoms with Crippen molar-refractivity contribution in [3.63, 3.8) is 0 Å². The van der Waals surface area contributed by atoms with Crippen LogP contribution in [0.4, 0.5) is 8.78 Å². The van der Waals surface area contributed by atoms with Crippen LogP contribution >= 0.6 is 0 Å². The van der Waals surface area contributed by atoms with E-state index < -0.39 is 23.5 Å². The third kappa shape index (κ3) is 4.19. The van der Waals surface area contributed by atoms with Gasteiger partial charge in [0.25, 0.3) is 0 Å². The van der Waals surface area contributed by atoms with E-state index in [4.69, 9.17) is 9.84 Å². The molecular weight excluding hydrogens is 254 g/mol. The second-order valence-corrected chi connectivity index (χ2v) is 4.93. The molecule has 3 nitrogen and oxygen atoms in total. The zero-order valence-electron chi connectivity index (χ0n) is 11.2. The number of rotatable bonds is 6. The lowest BCUT2D eigenvalue weighted by Crippen LogP contribution is -2.11. The largest absolute Gasteiger partial charge is 0.494 e. The van der Waals surface area contributed by atoms with Crippen LogP contribution in [0.25, 0.3) is 0 Å². The van der Waals surface area contributed by atoms with Crippen molar-refractivity contribution < 1.29 is 23.4 Å². The lowest BCUT2D eigenvalue weighted by molar-refractivity contribution is -0.137. The standard InChI is InChI=1S/C14H18F2O3/c1-8(2)4-9(5-14(17)18)10-6-12(16)13(19-3)7-11(10)15/h6-9H,4-5H2,1-3H3,(H,17,18). The summed E-state index contributed by atoms with van der Waals surface area (Å²) in [4.78, 5) is 10.8. The Morgan fingerprint density at radius 2 is 1.95 bits per heavy atom. The van der Waals surface area contributed by atoms with E-state index in [1.807, 2.05) is 13.8 Å². The van der Waals surface area contributed by atoms with Crippen LogP contribution in [0.3, 0.4) is 0 Å². The molecule has 0 heterocycles. The number of benzene rings is 1. The summed E-state index contributed by atoms with van der Waals surface area (Å²) >= 11 is 0. The second kappa shape index (κ2) is 6.50. The van der Waals surface area contributed by atoms with Gasteiger partial charge in [-0.2, -0.15) is 0 Å². The van der Waals surface area contributed by atoms with Crippen molar-refractivity contribution in [2.45, 2.75) is 32.6 Å². The molecule has 0 radical (unpaired) electrons. The van der Waals surface area contributed by atoms with Crippen molar-refractivity contribution >= 4 is 5.97 Å².